The van der Waals surface area contributed by atoms with Crippen molar-refractivity contribution >= 4 is 26.9 Å². The lowest BCUT2D eigenvalue weighted by atomic mass is 9.84. The van der Waals surface area contributed by atoms with Crippen LogP contribution in [0.2, 0.25) is 5.02 Å². The van der Waals surface area contributed by atoms with E-state index in [4.69, 9.17) is 16.3 Å². The summed E-state index contributed by atoms with van der Waals surface area (Å²) in [6.45, 7) is 2.12. The molecule has 1 saturated heterocycles. The van der Waals surface area contributed by atoms with Gasteiger partial charge in [-0.25, -0.2) is 9.18 Å². The first-order valence-electron chi connectivity index (χ1n) is 14.4. The number of fused-ring (bicyclic) bond motifs is 3. The van der Waals surface area contributed by atoms with Crippen molar-refractivity contribution in [1.82, 2.24) is 10.2 Å². The number of carbonyl (C=O) groups is 1. The normalized spacial score (nSPS) is 29.3. The number of amides is 1. The quantitative estimate of drug-likeness (QED) is 0.345. The van der Waals surface area contributed by atoms with Crippen molar-refractivity contribution in [1.29, 1.82) is 0 Å². The summed E-state index contributed by atoms with van der Waals surface area (Å²) >= 11 is 6.18. The van der Waals surface area contributed by atoms with E-state index in [0.717, 1.165) is 50.8 Å². The van der Waals surface area contributed by atoms with Crippen LogP contribution in [0.3, 0.4) is 0 Å². The Morgan fingerprint density at radius 3 is 2.62 bits per heavy atom. The van der Waals surface area contributed by atoms with Crippen LogP contribution in [0.15, 0.2) is 66.7 Å². The Hall–Kier alpha value is -2.46. The van der Waals surface area contributed by atoms with E-state index in [1.807, 2.05) is 24.3 Å². The lowest BCUT2D eigenvalue weighted by Gasteiger charge is -2.34. The van der Waals surface area contributed by atoms with Gasteiger partial charge in [-0.1, -0.05) is 60.1 Å². The Kier molecular flexibility index (Phi) is 6.69. The number of rotatable bonds is 5. The van der Waals surface area contributed by atoms with E-state index in [1.165, 1.54) is 28.7 Å². The molecule has 40 heavy (non-hydrogen) atoms. The molecule has 0 radical (unpaired) electrons. The summed E-state index contributed by atoms with van der Waals surface area (Å²) in [5, 5.41) is 3.86. The average Bonchev–Trinajstić information content (AvgIpc) is 3.86. The van der Waals surface area contributed by atoms with E-state index in [9.17, 15) is 9.18 Å². The van der Waals surface area contributed by atoms with Crippen molar-refractivity contribution in [3.8, 4) is 0 Å². The van der Waals surface area contributed by atoms with Crippen LogP contribution in [0, 0.1) is 11.7 Å². The molecule has 0 bridgehead atoms. The van der Waals surface area contributed by atoms with Crippen LogP contribution in [-0.2, 0) is 29.6 Å². The van der Waals surface area contributed by atoms with Crippen LogP contribution in [0.5, 0.6) is 0 Å². The van der Waals surface area contributed by atoms with Crippen molar-refractivity contribution in [3.63, 3.8) is 0 Å². The average molecular weight is 577 g/mol. The molecular weight excluding hydrogens is 542 g/mol. The molecule has 4 aliphatic rings. The summed E-state index contributed by atoms with van der Waals surface area (Å²) in [5.41, 5.74) is 6.22. The fraction of sp³-hybridized carbons (Fsp3) is 0.424. The van der Waals surface area contributed by atoms with Crippen LogP contribution in [-0.4, -0.2) is 41.3 Å². The minimum atomic E-state index is -0.381. The second kappa shape index (κ2) is 10.1. The highest BCUT2D eigenvalue weighted by molar-refractivity contribution is 7.19. The monoisotopic (exact) mass is 576 g/mol. The van der Waals surface area contributed by atoms with Gasteiger partial charge in [0.05, 0.1) is 0 Å². The summed E-state index contributed by atoms with van der Waals surface area (Å²) in [4.78, 5) is 15.0. The molecule has 3 fully saturated rings. The van der Waals surface area contributed by atoms with Crippen molar-refractivity contribution in [3.05, 3.63) is 105 Å². The van der Waals surface area contributed by atoms with E-state index in [1.54, 1.807) is 18.2 Å². The number of nitrogens with zero attached hydrogens (tertiary/aromatic N) is 1. The molecule has 0 aromatic heterocycles. The van der Waals surface area contributed by atoms with Crippen molar-refractivity contribution < 1.29 is 13.9 Å². The number of likely N-dealkylation sites (tertiary alicyclic amines) is 1. The Morgan fingerprint density at radius 2 is 1.80 bits per heavy atom. The van der Waals surface area contributed by atoms with E-state index in [2.05, 4.69) is 43.7 Å². The Labute approximate surface area is 242 Å². The van der Waals surface area contributed by atoms with Gasteiger partial charge in [0, 0.05) is 46.3 Å². The number of carbonyl (C=O) groups excluding carboxylic acids is 1. The predicted molar refractivity (Wildman–Crippen MR) is 159 cm³/mol. The second-order valence-corrected chi connectivity index (χ2v) is 13.8. The van der Waals surface area contributed by atoms with E-state index >= 15 is 0 Å². The van der Waals surface area contributed by atoms with Gasteiger partial charge in [-0.05, 0) is 84.9 Å². The minimum absolute atomic E-state index is 0.0947. The lowest BCUT2D eigenvalue weighted by molar-refractivity contribution is 0.125. The van der Waals surface area contributed by atoms with Gasteiger partial charge in [0.15, 0.2) is 0 Å². The molecule has 1 N–H and O–H groups in total. The Balaban J connectivity index is 0.979. The molecule has 1 aliphatic heterocycles. The lowest BCUT2D eigenvalue weighted by Crippen LogP contribution is -2.46. The largest absolute Gasteiger partial charge is 0.445 e. The summed E-state index contributed by atoms with van der Waals surface area (Å²) in [6.07, 6.45) is 5.61. The first-order valence-corrected chi connectivity index (χ1v) is 15.4. The number of nitrogens with one attached hydrogen (secondary N) is 1. The zero-order valence-corrected chi connectivity index (χ0v) is 24.5. The fourth-order valence-electron chi connectivity index (χ4n) is 7.68. The molecule has 208 valence electrons. The maximum Gasteiger partial charge on any atom is 0.407 e. The van der Waals surface area contributed by atoms with Crippen molar-refractivity contribution in [2.45, 2.75) is 67.8 Å². The van der Waals surface area contributed by atoms with Gasteiger partial charge in [0.25, 0.3) is 0 Å². The van der Waals surface area contributed by atoms with Gasteiger partial charge in [-0.3, -0.25) is 4.90 Å². The number of benzene rings is 3. The molecule has 1 spiro atoms. The molecular formula is C33H35ClFN2O2P. The van der Waals surface area contributed by atoms with Gasteiger partial charge in [-0.15, -0.1) is 9.24 Å². The first kappa shape index (κ1) is 26.4. The highest BCUT2D eigenvalue weighted by Crippen LogP contribution is 2.72. The van der Waals surface area contributed by atoms with E-state index in [-0.39, 0.29) is 35.1 Å². The molecule has 3 aromatic rings. The standard InChI is InChI=1S/C33H35ClFN2O2P/c34-28-8-4-2-6-23(28)20-39-31(38)36-26-11-13-37(14-12-26)30-19-33(30,40)29-18-32(29)17-24-16-25(35)10-9-21(24)15-22-5-1-3-7-27(22)32/h1-10,16,26,29-30H,11-15,17-20,40H2,(H,36,38)/t29-,30?,32+,33?/m1/s1. The highest BCUT2D eigenvalue weighted by atomic mass is 35.5. The van der Waals surface area contributed by atoms with E-state index in [0.29, 0.717) is 17.0 Å². The van der Waals surface area contributed by atoms with Crippen LogP contribution >= 0.6 is 20.8 Å². The summed E-state index contributed by atoms with van der Waals surface area (Å²) in [5.74, 6) is 0.437. The number of alkyl carbamates (subject to hydrolysis) is 1. The molecule has 1 amide bonds. The number of hydrogen-bond acceptors (Lipinski definition) is 3. The predicted octanol–water partition coefficient (Wildman–Crippen LogP) is 6.66. The number of hydrogen-bond donors (Lipinski definition) is 1. The topological polar surface area (TPSA) is 41.6 Å². The molecule has 5 atom stereocenters. The minimum Gasteiger partial charge on any atom is -0.445 e. The van der Waals surface area contributed by atoms with Gasteiger partial charge < -0.3 is 10.1 Å². The maximum atomic E-state index is 14.3. The van der Waals surface area contributed by atoms with Crippen molar-refractivity contribution in [2.75, 3.05) is 13.1 Å². The smallest absolute Gasteiger partial charge is 0.407 e. The molecule has 3 aliphatic carbocycles. The number of piperidine rings is 1. The van der Waals surface area contributed by atoms with Crippen LogP contribution in [0.4, 0.5) is 9.18 Å². The summed E-state index contributed by atoms with van der Waals surface area (Å²) < 4.78 is 19.7. The molecule has 7 heteroatoms. The molecule has 1 heterocycles. The van der Waals surface area contributed by atoms with Gasteiger partial charge in [0.1, 0.15) is 12.4 Å². The fourth-order valence-corrected chi connectivity index (χ4v) is 8.74. The third kappa shape index (κ3) is 4.74. The number of halogens is 2. The SMILES string of the molecule is O=C(NC1CCN(C2CC2(P)[C@@H]2C[C@]23Cc2cc(F)ccc2Cc2ccccc23)CC1)OCc1ccccc1Cl. The van der Waals surface area contributed by atoms with Crippen LogP contribution in [0.25, 0.3) is 0 Å². The molecule has 4 nitrogen and oxygen atoms in total. The molecule has 2 saturated carbocycles. The van der Waals surface area contributed by atoms with Crippen LogP contribution in [0.1, 0.15) is 53.5 Å². The third-order valence-electron chi connectivity index (χ3n) is 9.95. The zero-order chi connectivity index (χ0) is 27.5. The zero-order valence-electron chi connectivity index (χ0n) is 22.5. The van der Waals surface area contributed by atoms with E-state index < -0.39 is 0 Å². The Morgan fingerprint density at radius 1 is 1.02 bits per heavy atom. The second-order valence-electron chi connectivity index (χ2n) is 12.3. The van der Waals surface area contributed by atoms with Crippen molar-refractivity contribution in [2.24, 2.45) is 5.92 Å². The molecule has 3 aromatic carbocycles. The number of ether oxygens (including phenoxy) is 1. The van der Waals surface area contributed by atoms with Crippen LogP contribution < -0.4 is 5.32 Å². The Bertz CT molecular complexity index is 1460. The summed E-state index contributed by atoms with van der Waals surface area (Å²) in [6, 6.07) is 22.3. The first-order chi connectivity index (χ1) is 19.4. The summed E-state index contributed by atoms with van der Waals surface area (Å²) in [7, 11) is 3.27. The maximum absolute atomic E-state index is 14.3. The third-order valence-corrected chi connectivity index (χ3v) is 11.3. The molecule has 3 unspecified atom stereocenters. The molecule has 7 rings (SSSR count). The van der Waals surface area contributed by atoms with Gasteiger partial charge in [0.2, 0.25) is 0 Å². The van der Waals surface area contributed by atoms with Gasteiger partial charge in [-0.2, -0.15) is 0 Å². The van der Waals surface area contributed by atoms with Gasteiger partial charge >= 0.3 is 6.09 Å². The highest BCUT2D eigenvalue weighted by Gasteiger charge is 2.71.